The minimum atomic E-state index is -4.60. The van der Waals surface area contributed by atoms with Crippen LogP contribution >= 0.6 is 0 Å². The summed E-state index contributed by atoms with van der Waals surface area (Å²) in [5.74, 6) is -1.67. The van der Waals surface area contributed by atoms with Crippen molar-refractivity contribution in [3.05, 3.63) is 59.4 Å². The van der Waals surface area contributed by atoms with E-state index in [-0.39, 0.29) is 11.3 Å². The van der Waals surface area contributed by atoms with E-state index in [1.807, 2.05) is 0 Å². The maximum Gasteiger partial charge on any atom is 0.418 e. The van der Waals surface area contributed by atoms with Crippen LogP contribution < -0.4 is 11.1 Å². The molecule has 0 spiro atoms. The van der Waals surface area contributed by atoms with E-state index < -0.39 is 29.2 Å². The second-order valence-corrected chi connectivity index (χ2v) is 4.23. The molecule has 2 aromatic carbocycles. The van der Waals surface area contributed by atoms with E-state index in [2.05, 4.69) is 5.32 Å². The first kappa shape index (κ1) is 14.8. The van der Waals surface area contributed by atoms with Gasteiger partial charge in [0.05, 0.1) is 16.9 Å². The van der Waals surface area contributed by atoms with Gasteiger partial charge in [0.25, 0.3) is 5.91 Å². The first-order valence-electron chi connectivity index (χ1n) is 5.81. The molecule has 0 saturated heterocycles. The lowest BCUT2D eigenvalue weighted by Gasteiger charge is -2.13. The molecule has 7 heteroatoms. The smallest absolute Gasteiger partial charge is 0.396 e. The molecule has 0 bridgehead atoms. The summed E-state index contributed by atoms with van der Waals surface area (Å²) in [7, 11) is 0. The predicted octanol–water partition coefficient (Wildman–Crippen LogP) is 3.68. The highest BCUT2D eigenvalue weighted by Crippen LogP contribution is 2.34. The fourth-order valence-electron chi connectivity index (χ4n) is 1.70. The van der Waals surface area contributed by atoms with Crippen molar-refractivity contribution >= 4 is 17.3 Å². The van der Waals surface area contributed by atoms with Gasteiger partial charge in [0.1, 0.15) is 5.82 Å². The summed E-state index contributed by atoms with van der Waals surface area (Å²) < 4.78 is 51.6. The third kappa shape index (κ3) is 3.31. The topological polar surface area (TPSA) is 55.1 Å². The summed E-state index contributed by atoms with van der Waals surface area (Å²) in [4.78, 5) is 11.9. The molecule has 110 valence electrons. The molecule has 3 N–H and O–H groups in total. The Labute approximate surface area is 117 Å². The number of nitrogen functional groups attached to an aromatic ring is 1. The summed E-state index contributed by atoms with van der Waals surface area (Å²) in [5, 5.41) is 2.11. The highest BCUT2D eigenvalue weighted by molar-refractivity contribution is 6.04. The number of nitrogens with two attached hydrogens (primary N) is 1. The zero-order valence-corrected chi connectivity index (χ0v) is 10.5. The van der Waals surface area contributed by atoms with Crippen LogP contribution in [0.4, 0.5) is 28.9 Å². The van der Waals surface area contributed by atoms with Gasteiger partial charge >= 0.3 is 6.18 Å². The van der Waals surface area contributed by atoms with Gasteiger partial charge < -0.3 is 11.1 Å². The maximum absolute atomic E-state index is 13.3. The van der Waals surface area contributed by atoms with E-state index >= 15 is 0 Å². The molecule has 0 aromatic heterocycles. The highest BCUT2D eigenvalue weighted by atomic mass is 19.4. The number of hydrogen-bond acceptors (Lipinski definition) is 2. The van der Waals surface area contributed by atoms with Gasteiger partial charge in [-0.15, -0.1) is 0 Å². The Hall–Kier alpha value is -2.57. The Morgan fingerprint density at radius 1 is 1.10 bits per heavy atom. The van der Waals surface area contributed by atoms with Crippen molar-refractivity contribution in [3.63, 3.8) is 0 Å². The third-order valence-electron chi connectivity index (χ3n) is 2.74. The quantitative estimate of drug-likeness (QED) is 0.656. The Bertz CT molecular complexity index is 683. The Balaban J connectivity index is 2.30. The third-order valence-corrected chi connectivity index (χ3v) is 2.74. The SMILES string of the molecule is Nc1ccc(C(=O)Nc2ccccc2C(F)(F)F)cc1F. The Morgan fingerprint density at radius 2 is 1.76 bits per heavy atom. The largest absolute Gasteiger partial charge is 0.418 e. The van der Waals surface area contributed by atoms with E-state index in [0.29, 0.717) is 0 Å². The van der Waals surface area contributed by atoms with Crippen LogP contribution in [0.25, 0.3) is 0 Å². The molecular formula is C14H10F4N2O. The van der Waals surface area contributed by atoms with Gasteiger partial charge in [-0.2, -0.15) is 13.2 Å². The van der Waals surface area contributed by atoms with Crippen LogP contribution in [0.15, 0.2) is 42.5 Å². The van der Waals surface area contributed by atoms with Crippen molar-refractivity contribution < 1.29 is 22.4 Å². The van der Waals surface area contributed by atoms with Gasteiger partial charge in [-0.05, 0) is 30.3 Å². The zero-order chi connectivity index (χ0) is 15.6. The van der Waals surface area contributed by atoms with Gasteiger partial charge in [0.2, 0.25) is 0 Å². The molecule has 2 rings (SSSR count). The van der Waals surface area contributed by atoms with Crippen LogP contribution in [0.5, 0.6) is 0 Å². The number of alkyl halides is 3. The second-order valence-electron chi connectivity index (χ2n) is 4.23. The van der Waals surface area contributed by atoms with E-state index in [4.69, 9.17) is 5.73 Å². The Morgan fingerprint density at radius 3 is 2.38 bits per heavy atom. The number of para-hydroxylation sites is 1. The molecule has 0 fully saturated rings. The average Bonchev–Trinajstić information content (AvgIpc) is 2.41. The van der Waals surface area contributed by atoms with Crippen molar-refractivity contribution in [1.29, 1.82) is 0 Å². The lowest BCUT2D eigenvalue weighted by atomic mass is 10.1. The monoisotopic (exact) mass is 298 g/mol. The minimum Gasteiger partial charge on any atom is -0.396 e. The van der Waals surface area contributed by atoms with E-state index in [1.54, 1.807) is 0 Å². The lowest BCUT2D eigenvalue weighted by Crippen LogP contribution is -2.16. The summed E-state index contributed by atoms with van der Waals surface area (Å²) in [6.45, 7) is 0. The van der Waals surface area contributed by atoms with E-state index in [0.717, 1.165) is 18.2 Å². The van der Waals surface area contributed by atoms with Gasteiger partial charge in [-0.1, -0.05) is 12.1 Å². The molecule has 3 nitrogen and oxygen atoms in total. The molecule has 2 aromatic rings. The second kappa shape index (κ2) is 5.43. The Kier molecular flexibility index (Phi) is 3.84. The van der Waals surface area contributed by atoms with Gasteiger partial charge in [-0.25, -0.2) is 4.39 Å². The molecule has 0 aliphatic heterocycles. The summed E-state index contributed by atoms with van der Waals surface area (Å²) in [6, 6.07) is 7.79. The molecule has 0 radical (unpaired) electrons. The van der Waals surface area contributed by atoms with Crippen molar-refractivity contribution in [1.82, 2.24) is 0 Å². The van der Waals surface area contributed by atoms with Crippen molar-refractivity contribution in [2.24, 2.45) is 0 Å². The van der Waals surface area contributed by atoms with Crippen molar-refractivity contribution in [3.8, 4) is 0 Å². The van der Waals surface area contributed by atoms with Crippen LogP contribution in [-0.4, -0.2) is 5.91 Å². The molecule has 0 atom stereocenters. The number of nitrogens with one attached hydrogen (secondary N) is 1. The molecule has 0 unspecified atom stereocenters. The van der Waals surface area contributed by atoms with Crippen LogP contribution in [-0.2, 0) is 6.18 Å². The number of carbonyl (C=O) groups is 1. The van der Waals surface area contributed by atoms with E-state index in [9.17, 15) is 22.4 Å². The first-order valence-corrected chi connectivity index (χ1v) is 5.81. The highest BCUT2D eigenvalue weighted by Gasteiger charge is 2.33. The number of amides is 1. The summed E-state index contributed by atoms with van der Waals surface area (Å²) in [6.07, 6.45) is -4.60. The summed E-state index contributed by atoms with van der Waals surface area (Å²) >= 11 is 0. The van der Waals surface area contributed by atoms with Crippen LogP contribution in [0.2, 0.25) is 0 Å². The number of halogens is 4. The normalized spacial score (nSPS) is 11.2. The average molecular weight is 298 g/mol. The number of carbonyl (C=O) groups excluding carboxylic acids is 1. The van der Waals surface area contributed by atoms with Crippen LogP contribution in [0.3, 0.4) is 0 Å². The predicted molar refractivity (Wildman–Crippen MR) is 70.2 cm³/mol. The fraction of sp³-hybridized carbons (Fsp3) is 0.0714. The summed E-state index contributed by atoms with van der Waals surface area (Å²) in [5.41, 5.74) is 3.62. The van der Waals surface area contributed by atoms with Gasteiger partial charge in [-0.3, -0.25) is 4.79 Å². The molecule has 0 heterocycles. The van der Waals surface area contributed by atoms with Gasteiger partial charge in [0.15, 0.2) is 0 Å². The number of benzene rings is 2. The maximum atomic E-state index is 13.3. The van der Waals surface area contributed by atoms with Crippen LogP contribution in [0.1, 0.15) is 15.9 Å². The van der Waals surface area contributed by atoms with Crippen molar-refractivity contribution in [2.45, 2.75) is 6.18 Å². The number of rotatable bonds is 2. The van der Waals surface area contributed by atoms with Crippen molar-refractivity contribution in [2.75, 3.05) is 11.1 Å². The minimum absolute atomic E-state index is 0.126. The molecule has 21 heavy (non-hydrogen) atoms. The standard InChI is InChI=1S/C14H10F4N2O/c15-10-7-8(5-6-11(10)19)13(21)20-12-4-2-1-3-9(12)14(16,17)18/h1-7H,19H2,(H,20,21). The molecule has 0 aliphatic rings. The van der Waals surface area contributed by atoms with E-state index in [1.165, 1.54) is 24.3 Å². The number of hydrogen-bond donors (Lipinski definition) is 2. The molecule has 0 aliphatic carbocycles. The molecule has 0 saturated carbocycles. The van der Waals surface area contributed by atoms with Crippen LogP contribution in [0, 0.1) is 5.82 Å². The number of anilines is 2. The zero-order valence-electron chi connectivity index (χ0n) is 10.5. The molecular weight excluding hydrogens is 288 g/mol. The van der Waals surface area contributed by atoms with Gasteiger partial charge in [0, 0.05) is 5.56 Å². The molecule has 1 amide bonds. The fourth-order valence-corrected chi connectivity index (χ4v) is 1.70. The lowest BCUT2D eigenvalue weighted by molar-refractivity contribution is -0.136. The first-order chi connectivity index (χ1) is 9.79.